The molecule has 1 aromatic heterocycles. The average molecular weight is 237 g/mol. The minimum absolute atomic E-state index is 0.161. The number of nitrogens with one attached hydrogen (secondary N) is 1. The third kappa shape index (κ3) is 4.95. The Morgan fingerprint density at radius 1 is 1.62 bits per heavy atom. The highest BCUT2D eigenvalue weighted by Gasteiger charge is 1.92. The van der Waals surface area contributed by atoms with E-state index in [0.717, 1.165) is 17.7 Å². The van der Waals surface area contributed by atoms with Crippen molar-refractivity contribution in [1.82, 2.24) is 4.98 Å². The molecule has 0 amide bonds. The van der Waals surface area contributed by atoms with Crippen LogP contribution >= 0.6 is 11.8 Å². The quantitative estimate of drug-likeness (QED) is 0.466. The molecule has 0 aliphatic heterocycles. The van der Waals surface area contributed by atoms with Crippen molar-refractivity contribution in [2.24, 2.45) is 5.84 Å². The first-order valence-corrected chi connectivity index (χ1v) is 5.93. The van der Waals surface area contributed by atoms with E-state index in [1.165, 1.54) is 11.8 Å². The van der Waals surface area contributed by atoms with Crippen LogP contribution in [0.3, 0.4) is 0 Å². The number of anilines is 1. The lowest BCUT2D eigenvalue weighted by molar-refractivity contribution is -0.109. The topological polar surface area (TPSA) is 68.0 Å². The molecule has 0 fully saturated rings. The van der Waals surface area contributed by atoms with Gasteiger partial charge in [-0.15, -0.1) is 0 Å². The summed E-state index contributed by atoms with van der Waals surface area (Å²) in [6, 6.07) is 3.74. The molecule has 0 bridgehead atoms. The highest BCUT2D eigenvalue weighted by molar-refractivity contribution is 8.13. The molecule has 0 aromatic carbocycles. The monoisotopic (exact) mass is 237 g/mol. The van der Waals surface area contributed by atoms with E-state index in [2.05, 4.69) is 10.4 Å². The molecule has 3 N–H and O–H groups in total. The minimum Gasteiger partial charge on any atom is -0.308 e. The lowest BCUT2D eigenvalue weighted by atomic mass is 10.2. The van der Waals surface area contributed by atoms with Gasteiger partial charge in [0.05, 0.1) is 0 Å². The van der Waals surface area contributed by atoms with E-state index in [1.54, 1.807) is 13.1 Å². The molecule has 86 valence electrons. The van der Waals surface area contributed by atoms with Gasteiger partial charge in [0.25, 0.3) is 0 Å². The Labute approximate surface area is 99.3 Å². The summed E-state index contributed by atoms with van der Waals surface area (Å²) in [5.74, 6) is 6.67. The summed E-state index contributed by atoms with van der Waals surface area (Å²) in [6.45, 7) is 1.58. The van der Waals surface area contributed by atoms with Crippen LogP contribution in [-0.4, -0.2) is 15.9 Å². The van der Waals surface area contributed by atoms with E-state index in [1.807, 2.05) is 24.3 Å². The van der Waals surface area contributed by atoms with Gasteiger partial charge in [0.2, 0.25) is 0 Å². The molecule has 0 unspecified atom stereocenters. The van der Waals surface area contributed by atoms with Crippen LogP contribution in [-0.2, 0) is 4.79 Å². The van der Waals surface area contributed by atoms with Crippen LogP contribution < -0.4 is 11.3 Å². The number of carbonyl (C=O) groups excluding carboxylic acids is 1. The van der Waals surface area contributed by atoms with Crippen LogP contribution in [0.4, 0.5) is 5.82 Å². The second-order valence-electron chi connectivity index (χ2n) is 3.15. The number of nitrogen functional groups attached to an aromatic ring is 1. The Balaban J connectivity index is 2.35. The standard InChI is InChI=1S/C11H15N3OS/c1-9(15)16-7-3-2-4-10-5-6-11(14-12)13-8-10/h2,4-6,8H,3,7,12H2,1H3,(H,13,14). The van der Waals surface area contributed by atoms with Gasteiger partial charge in [-0.25, -0.2) is 10.8 Å². The maximum Gasteiger partial charge on any atom is 0.185 e. The molecule has 0 aliphatic rings. The minimum atomic E-state index is 0.161. The SMILES string of the molecule is CC(=O)SCCC=Cc1ccc(NN)nc1. The Kier molecular flexibility index (Phi) is 5.60. The van der Waals surface area contributed by atoms with Gasteiger partial charge in [0, 0.05) is 18.9 Å². The zero-order valence-electron chi connectivity index (χ0n) is 9.14. The van der Waals surface area contributed by atoms with Crippen LogP contribution in [0.25, 0.3) is 6.08 Å². The van der Waals surface area contributed by atoms with Crippen LogP contribution in [0.5, 0.6) is 0 Å². The number of aromatic nitrogens is 1. The summed E-state index contributed by atoms with van der Waals surface area (Å²) in [5.41, 5.74) is 3.49. The smallest absolute Gasteiger partial charge is 0.185 e. The van der Waals surface area contributed by atoms with Crippen molar-refractivity contribution in [2.75, 3.05) is 11.2 Å². The molecule has 4 nitrogen and oxygen atoms in total. The van der Waals surface area contributed by atoms with Crippen LogP contribution in [0.15, 0.2) is 24.4 Å². The van der Waals surface area contributed by atoms with E-state index < -0.39 is 0 Å². The number of nitrogens with two attached hydrogens (primary N) is 1. The Morgan fingerprint density at radius 3 is 3.00 bits per heavy atom. The maximum absolute atomic E-state index is 10.7. The zero-order chi connectivity index (χ0) is 11.8. The first kappa shape index (κ1) is 12.7. The fourth-order valence-electron chi connectivity index (χ4n) is 1.08. The Hall–Kier alpha value is -1.33. The van der Waals surface area contributed by atoms with Crippen LogP contribution in [0.1, 0.15) is 18.9 Å². The number of hydrazine groups is 1. The van der Waals surface area contributed by atoms with Gasteiger partial charge >= 0.3 is 0 Å². The number of carbonyl (C=O) groups is 1. The zero-order valence-corrected chi connectivity index (χ0v) is 9.96. The maximum atomic E-state index is 10.7. The van der Waals surface area contributed by atoms with Gasteiger partial charge in [0.1, 0.15) is 5.82 Å². The summed E-state index contributed by atoms with van der Waals surface area (Å²) < 4.78 is 0. The predicted molar refractivity (Wildman–Crippen MR) is 68.8 cm³/mol. The van der Waals surface area contributed by atoms with Crippen molar-refractivity contribution in [3.05, 3.63) is 30.0 Å². The van der Waals surface area contributed by atoms with E-state index in [4.69, 9.17) is 5.84 Å². The second-order valence-corrected chi connectivity index (χ2v) is 4.42. The summed E-state index contributed by atoms with van der Waals surface area (Å²) in [4.78, 5) is 14.7. The fraction of sp³-hybridized carbons (Fsp3) is 0.273. The van der Waals surface area contributed by atoms with Crippen LogP contribution in [0, 0.1) is 0 Å². The summed E-state index contributed by atoms with van der Waals surface area (Å²) >= 11 is 1.34. The van der Waals surface area contributed by atoms with Crippen LogP contribution in [0.2, 0.25) is 0 Å². The lowest BCUT2D eigenvalue weighted by Crippen LogP contribution is -2.07. The average Bonchev–Trinajstić information content (AvgIpc) is 2.29. The third-order valence-corrected chi connectivity index (χ3v) is 2.68. The normalized spacial score (nSPS) is 10.6. The van der Waals surface area contributed by atoms with E-state index in [-0.39, 0.29) is 5.12 Å². The van der Waals surface area contributed by atoms with Gasteiger partial charge in [-0.2, -0.15) is 0 Å². The van der Waals surface area contributed by atoms with Crippen molar-refractivity contribution >= 4 is 28.8 Å². The number of pyridine rings is 1. The van der Waals surface area contributed by atoms with E-state index >= 15 is 0 Å². The molecule has 0 radical (unpaired) electrons. The number of rotatable bonds is 5. The van der Waals surface area contributed by atoms with Gasteiger partial charge < -0.3 is 5.43 Å². The van der Waals surface area contributed by atoms with E-state index in [0.29, 0.717) is 5.82 Å². The van der Waals surface area contributed by atoms with Crippen molar-refractivity contribution in [3.63, 3.8) is 0 Å². The fourth-order valence-corrected chi connectivity index (χ4v) is 1.62. The first-order chi connectivity index (χ1) is 7.72. The molecule has 16 heavy (non-hydrogen) atoms. The number of nitrogens with zero attached hydrogens (tertiary/aromatic N) is 1. The molecule has 0 atom stereocenters. The molecule has 0 aliphatic carbocycles. The molecular formula is C11H15N3OS. The molecule has 1 rings (SSSR count). The molecule has 0 saturated heterocycles. The Bertz CT molecular complexity index is 362. The van der Waals surface area contributed by atoms with Gasteiger partial charge in [-0.3, -0.25) is 4.79 Å². The summed E-state index contributed by atoms with van der Waals surface area (Å²) in [7, 11) is 0. The molecule has 1 aromatic rings. The van der Waals surface area contributed by atoms with Crippen molar-refractivity contribution < 1.29 is 4.79 Å². The summed E-state index contributed by atoms with van der Waals surface area (Å²) in [6.07, 6.45) is 6.63. The number of allylic oxidation sites excluding steroid dienone is 1. The van der Waals surface area contributed by atoms with E-state index in [9.17, 15) is 4.79 Å². The predicted octanol–water partition coefficient (Wildman–Crippen LogP) is 2.05. The third-order valence-electron chi connectivity index (χ3n) is 1.83. The molecule has 0 spiro atoms. The van der Waals surface area contributed by atoms with Gasteiger partial charge in [-0.1, -0.05) is 23.9 Å². The molecule has 5 heteroatoms. The number of thioether (sulfide) groups is 1. The highest BCUT2D eigenvalue weighted by Crippen LogP contribution is 2.08. The number of hydrogen-bond acceptors (Lipinski definition) is 5. The largest absolute Gasteiger partial charge is 0.308 e. The molecule has 0 saturated carbocycles. The van der Waals surface area contributed by atoms with Gasteiger partial charge in [-0.05, 0) is 24.1 Å². The van der Waals surface area contributed by atoms with Crippen molar-refractivity contribution in [3.8, 4) is 0 Å². The number of hydrogen-bond donors (Lipinski definition) is 2. The molecule has 1 heterocycles. The van der Waals surface area contributed by atoms with Crippen molar-refractivity contribution in [2.45, 2.75) is 13.3 Å². The van der Waals surface area contributed by atoms with Crippen molar-refractivity contribution in [1.29, 1.82) is 0 Å². The first-order valence-electron chi connectivity index (χ1n) is 4.95. The molecular weight excluding hydrogens is 222 g/mol. The summed E-state index contributed by atoms with van der Waals surface area (Å²) in [5, 5.41) is 0.161. The highest BCUT2D eigenvalue weighted by atomic mass is 32.2. The second kappa shape index (κ2) is 7.03. The lowest BCUT2D eigenvalue weighted by Gasteiger charge is -1.98. The Morgan fingerprint density at radius 2 is 2.44 bits per heavy atom. The van der Waals surface area contributed by atoms with Gasteiger partial charge in [0.15, 0.2) is 5.12 Å².